The van der Waals surface area contributed by atoms with Crippen LogP contribution in [0.2, 0.25) is 5.02 Å². The fourth-order valence-electron chi connectivity index (χ4n) is 1.23. The summed E-state index contributed by atoms with van der Waals surface area (Å²) >= 11 is 5.63. The average Bonchev–Trinajstić information content (AvgIpc) is 2.71. The van der Waals surface area contributed by atoms with Crippen molar-refractivity contribution in [3.8, 4) is 0 Å². The number of halogens is 2. The molecule has 2 aromatic rings. The third kappa shape index (κ3) is 2.92. The molecular formula is C10H10ClFN4O. The van der Waals surface area contributed by atoms with E-state index in [1.165, 1.54) is 12.1 Å². The van der Waals surface area contributed by atoms with Crippen LogP contribution in [0.1, 0.15) is 5.89 Å². The summed E-state index contributed by atoms with van der Waals surface area (Å²) in [5.41, 5.74) is 5.56. The van der Waals surface area contributed by atoms with Crippen LogP contribution in [0.5, 0.6) is 0 Å². The molecule has 0 bridgehead atoms. The molecule has 0 aliphatic carbocycles. The summed E-state index contributed by atoms with van der Waals surface area (Å²) in [7, 11) is 0. The van der Waals surface area contributed by atoms with E-state index >= 15 is 0 Å². The van der Waals surface area contributed by atoms with Gasteiger partial charge in [0.2, 0.25) is 5.89 Å². The van der Waals surface area contributed by atoms with Crippen molar-refractivity contribution in [2.75, 3.05) is 11.9 Å². The summed E-state index contributed by atoms with van der Waals surface area (Å²) in [4.78, 5) is 0. The largest absolute Gasteiger partial charge is 0.408 e. The lowest BCUT2D eigenvalue weighted by molar-refractivity contribution is 0.509. The van der Waals surface area contributed by atoms with Crippen molar-refractivity contribution in [1.29, 1.82) is 0 Å². The lowest BCUT2D eigenvalue weighted by Gasteiger charge is -2.02. The van der Waals surface area contributed by atoms with Crippen LogP contribution in [-0.4, -0.2) is 16.7 Å². The van der Waals surface area contributed by atoms with Gasteiger partial charge in [0.1, 0.15) is 5.82 Å². The van der Waals surface area contributed by atoms with Crippen molar-refractivity contribution in [2.45, 2.75) is 6.42 Å². The quantitative estimate of drug-likeness (QED) is 0.876. The topological polar surface area (TPSA) is 77.0 Å². The molecule has 5 nitrogen and oxygen atoms in total. The Labute approximate surface area is 102 Å². The maximum absolute atomic E-state index is 13.4. The molecule has 0 saturated heterocycles. The Balaban J connectivity index is 2.13. The van der Waals surface area contributed by atoms with Crippen LogP contribution in [0.25, 0.3) is 0 Å². The fraction of sp³-hybridized carbons (Fsp3) is 0.200. The molecule has 7 heteroatoms. The van der Waals surface area contributed by atoms with E-state index in [1.807, 2.05) is 0 Å². The Kier molecular flexibility index (Phi) is 3.55. The smallest absolute Gasteiger partial charge is 0.320 e. The van der Waals surface area contributed by atoms with Gasteiger partial charge in [0, 0.05) is 18.0 Å². The van der Waals surface area contributed by atoms with Gasteiger partial charge in [0.25, 0.3) is 0 Å². The van der Waals surface area contributed by atoms with E-state index in [2.05, 4.69) is 15.5 Å². The van der Waals surface area contributed by atoms with E-state index in [9.17, 15) is 4.39 Å². The molecule has 90 valence electrons. The predicted molar refractivity (Wildman–Crippen MR) is 61.7 cm³/mol. The summed E-state index contributed by atoms with van der Waals surface area (Å²) in [5.74, 6) is -0.0829. The number of nitrogens with one attached hydrogen (secondary N) is 1. The predicted octanol–water partition coefficient (Wildman–Crippen LogP) is 2.11. The molecule has 0 aliphatic rings. The van der Waals surface area contributed by atoms with E-state index in [0.717, 1.165) is 0 Å². The number of anilines is 2. The number of hydrogen-bond donors (Lipinski definition) is 2. The van der Waals surface area contributed by atoms with Gasteiger partial charge in [-0.15, -0.1) is 5.10 Å². The van der Waals surface area contributed by atoms with Gasteiger partial charge in [-0.05, 0) is 18.2 Å². The van der Waals surface area contributed by atoms with Gasteiger partial charge in [-0.3, -0.25) is 0 Å². The van der Waals surface area contributed by atoms with E-state index < -0.39 is 5.82 Å². The fourth-order valence-corrected chi connectivity index (χ4v) is 1.39. The van der Waals surface area contributed by atoms with Gasteiger partial charge in [0.15, 0.2) is 0 Å². The van der Waals surface area contributed by atoms with Crippen molar-refractivity contribution in [3.05, 3.63) is 34.9 Å². The van der Waals surface area contributed by atoms with Crippen molar-refractivity contribution < 1.29 is 8.81 Å². The summed E-state index contributed by atoms with van der Waals surface area (Å²) in [6.45, 7) is 0.414. The lowest BCUT2D eigenvalue weighted by Crippen LogP contribution is -2.02. The Morgan fingerprint density at radius 3 is 2.94 bits per heavy atom. The maximum atomic E-state index is 13.4. The van der Waals surface area contributed by atoms with Crippen LogP contribution in [0.4, 0.5) is 16.1 Å². The van der Waals surface area contributed by atoms with Gasteiger partial charge in [-0.2, -0.15) is 0 Å². The summed E-state index contributed by atoms with van der Waals surface area (Å²) in [6.07, 6.45) is 0.484. The standard InChI is InChI=1S/C10H10ClFN4O/c11-6-1-2-8(7(12)5-6)14-10-16-15-9(17-10)3-4-13/h1-2,5H,3-4,13H2,(H,14,16). The minimum atomic E-state index is -0.490. The highest BCUT2D eigenvalue weighted by Gasteiger charge is 2.08. The monoisotopic (exact) mass is 256 g/mol. The third-order valence-electron chi connectivity index (χ3n) is 2.00. The second-order valence-corrected chi connectivity index (χ2v) is 3.73. The number of benzene rings is 1. The van der Waals surface area contributed by atoms with Crippen LogP contribution in [0.3, 0.4) is 0 Å². The maximum Gasteiger partial charge on any atom is 0.320 e. The number of aromatic nitrogens is 2. The van der Waals surface area contributed by atoms with Crippen LogP contribution < -0.4 is 11.1 Å². The SMILES string of the molecule is NCCc1nnc(Nc2ccc(Cl)cc2F)o1. The first-order valence-electron chi connectivity index (χ1n) is 4.93. The van der Waals surface area contributed by atoms with Crippen molar-refractivity contribution >= 4 is 23.3 Å². The van der Waals surface area contributed by atoms with Crippen molar-refractivity contribution in [3.63, 3.8) is 0 Å². The molecule has 2 rings (SSSR count). The van der Waals surface area contributed by atoms with Crippen LogP contribution in [0.15, 0.2) is 22.6 Å². The van der Waals surface area contributed by atoms with Crippen LogP contribution in [0, 0.1) is 5.82 Å². The molecule has 0 fully saturated rings. The Morgan fingerprint density at radius 1 is 1.41 bits per heavy atom. The van der Waals surface area contributed by atoms with E-state index in [-0.39, 0.29) is 11.7 Å². The molecule has 1 heterocycles. The molecule has 0 saturated carbocycles. The van der Waals surface area contributed by atoms with Gasteiger partial charge < -0.3 is 15.5 Å². The minimum absolute atomic E-state index is 0.120. The Hall–Kier alpha value is -1.66. The Morgan fingerprint density at radius 2 is 2.24 bits per heavy atom. The zero-order chi connectivity index (χ0) is 12.3. The van der Waals surface area contributed by atoms with Crippen molar-refractivity contribution in [1.82, 2.24) is 10.2 Å². The molecule has 0 aliphatic heterocycles. The molecule has 1 aromatic heterocycles. The molecule has 17 heavy (non-hydrogen) atoms. The molecule has 0 atom stereocenters. The molecule has 0 amide bonds. The molecular weight excluding hydrogens is 247 g/mol. The van der Waals surface area contributed by atoms with Gasteiger partial charge >= 0.3 is 6.01 Å². The molecule has 1 aromatic carbocycles. The summed E-state index contributed by atoms with van der Waals surface area (Å²) in [6, 6.07) is 4.37. The number of hydrogen-bond acceptors (Lipinski definition) is 5. The third-order valence-corrected chi connectivity index (χ3v) is 2.23. The second-order valence-electron chi connectivity index (χ2n) is 3.29. The number of rotatable bonds is 4. The first kappa shape index (κ1) is 11.8. The highest BCUT2D eigenvalue weighted by molar-refractivity contribution is 6.30. The van der Waals surface area contributed by atoms with Crippen molar-refractivity contribution in [2.24, 2.45) is 5.73 Å². The van der Waals surface area contributed by atoms with Gasteiger partial charge in [-0.25, -0.2) is 4.39 Å². The summed E-state index contributed by atoms with van der Waals surface area (Å²) < 4.78 is 18.6. The van der Waals surface area contributed by atoms with Gasteiger partial charge in [0.05, 0.1) is 5.69 Å². The van der Waals surface area contributed by atoms with Crippen LogP contribution >= 0.6 is 11.6 Å². The van der Waals surface area contributed by atoms with E-state index in [4.69, 9.17) is 21.8 Å². The first-order chi connectivity index (χ1) is 8.19. The average molecular weight is 257 g/mol. The molecule has 0 radical (unpaired) electrons. The second kappa shape index (κ2) is 5.11. The van der Waals surface area contributed by atoms with Crippen LogP contribution in [-0.2, 0) is 6.42 Å². The molecule has 3 N–H and O–H groups in total. The van der Waals surface area contributed by atoms with E-state index in [1.54, 1.807) is 6.07 Å². The number of nitrogens with two attached hydrogens (primary N) is 1. The molecule has 0 spiro atoms. The van der Waals surface area contributed by atoms with E-state index in [0.29, 0.717) is 23.9 Å². The molecule has 0 unspecified atom stereocenters. The zero-order valence-electron chi connectivity index (χ0n) is 8.78. The first-order valence-corrected chi connectivity index (χ1v) is 5.31. The highest BCUT2D eigenvalue weighted by atomic mass is 35.5. The number of nitrogens with zero attached hydrogens (tertiary/aromatic N) is 2. The summed E-state index contributed by atoms with van der Waals surface area (Å²) in [5, 5.41) is 10.4. The normalized spacial score (nSPS) is 10.5. The highest BCUT2D eigenvalue weighted by Crippen LogP contribution is 2.22. The zero-order valence-corrected chi connectivity index (χ0v) is 9.54. The lowest BCUT2D eigenvalue weighted by atomic mass is 10.3. The minimum Gasteiger partial charge on any atom is -0.408 e. The Bertz CT molecular complexity index is 517. The van der Waals surface area contributed by atoms with Gasteiger partial charge in [-0.1, -0.05) is 16.7 Å².